The molecule has 1 fully saturated rings. The summed E-state index contributed by atoms with van der Waals surface area (Å²) in [6.45, 7) is 1.01. The third-order valence-corrected chi connectivity index (χ3v) is 6.69. The molecular weight excluding hydrogens is 340 g/mol. The van der Waals surface area contributed by atoms with Gasteiger partial charge in [0, 0.05) is 32.0 Å². The molecule has 25 heavy (non-hydrogen) atoms. The predicted octanol–water partition coefficient (Wildman–Crippen LogP) is 0.694. The zero-order chi connectivity index (χ0) is 18.1. The minimum atomic E-state index is -3.18. The molecule has 1 aliphatic carbocycles. The van der Waals surface area contributed by atoms with E-state index in [1.54, 1.807) is 0 Å². The number of benzene rings is 1. The van der Waals surface area contributed by atoms with Crippen molar-refractivity contribution in [3.63, 3.8) is 0 Å². The largest absolute Gasteiger partial charge is 0.388 e. The van der Waals surface area contributed by atoms with Crippen molar-refractivity contribution in [2.75, 3.05) is 25.9 Å². The SMILES string of the molecule is CS(=O)(=O)N1CCC(C(=O)NCC2(O)CCc3ccccc3C2)CC1. The molecule has 1 atom stereocenters. The first-order chi connectivity index (χ1) is 11.8. The summed E-state index contributed by atoms with van der Waals surface area (Å²) in [6, 6.07) is 8.10. The van der Waals surface area contributed by atoms with Gasteiger partial charge in [0.2, 0.25) is 15.9 Å². The number of hydrogen-bond acceptors (Lipinski definition) is 4. The van der Waals surface area contributed by atoms with E-state index in [0.29, 0.717) is 38.8 Å². The van der Waals surface area contributed by atoms with E-state index in [1.807, 2.05) is 18.2 Å². The Kier molecular flexibility index (Phi) is 5.18. The second kappa shape index (κ2) is 7.05. The number of nitrogens with zero attached hydrogens (tertiary/aromatic N) is 1. The number of nitrogens with one attached hydrogen (secondary N) is 1. The van der Waals surface area contributed by atoms with Crippen molar-refractivity contribution < 1.29 is 18.3 Å². The van der Waals surface area contributed by atoms with Crippen LogP contribution in [0.4, 0.5) is 0 Å². The average molecular weight is 366 g/mol. The van der Waals surface area contributed by atoms with Gasteiger partial charge in [0.15, 0.2) is 0 Å². The van der Waals surface area contributed by atoms with E-state index in [2.05, 4.69) is 11.4 Å². The summed E-state index contributed by atoms with van der Waals surface area (Å²) in [4.78, 5) is 12.4. The number of hydrogen-bond donors (Lipinski definition) is 2. The van der Waals surface area contributed by atoms with Crippen LogP contribution in [0.25, 0.3) is 0 Å². The highest BCUT2D eigenvalue weighted by Crippen LogP contribution is 2.28. The normalized spacial score (nSPS) is 25.4. The van der Waals surface area contributed by atoms with Crippen LogP contribution in [0.15, 0.2) is 24.3 Å². The molecule has 2 aliphatic rings. The molecule has 0 bridgehead atoms. The first-order valence-corrected chi connectivity index (χ1v) is 10.6. The predicted molar refractivity (Wildman–Crippen MR) is 95.6 cm³/mol. The number of rotatable bonds is 4. The summed E-state index contributed by atoms with van der Waals surface area (Å²) in [5, 5.41) is 13.7. The maximum Gasteiger partial charge on any atom is 0.223 e. The summed E-state index contributed by atoms with van der Waals surface area (Å²) in [5.74, 6) is -0.266. The van der Waals surface area contributed by atoms with Gasteiger partial charge in [0.25, 0.3) is 0 Å². The van der Waals surface area contributed by atoms with E-state index >= 15 is 0 Å². The highest BCUT2D eigenvalue weighted by Gasteiger charge is 2.34. The van der Waals surface area contributed by atoms with Gasteiger partial charge in [-0.3, -0.25) is 4.79 Å². The fourth-order valence-corrected chi connectivity index (χ4v) is 4.65. The summed E-state index contributed by atoms with van der Waals surface area (Å²) in [7, 11) is -3.18. The van der Waals surface area contributed by atoms with Crippen LogP contribution in [0.3, 0.4) is 0 Å². The Labute approximate surface area is 149 Å². The van der Waals surface area contributed by atoms with Gasteiger partial charge in [-0.1, -0.05) is 24.3 Å². The maximum atomic E-state index is 12.4. The molecule has 1 aromatic carbocycles. The summed E-state index contributed by atoms with van der Waals surface area (Å²) in [5.41, 5.74) is 1.51. The molecule has 1 heterocycles. The number of piperidine rings is 1. The Morgan fingerprint density at radius 1 is 1.28 bits per heavy atom. The molecule has 1 aromatic rings. The minimum Gasteiger partial charge on any atom is -0.388 e. The molecule has 0 saturated carbocycles. The lowest BCUT2D eigenvalue weighted by Crippen LogP contribution is -2.49. The zero-order valence-corrected chi connectivity index (χ0v) is 15.4. The highest BCUT2D eigenvalue weighted by molar-refractivity contribution is 7.88. The molecule has 1 unspecified atom stereocenters. The van der Waals surface area contributed by atoms with Crippen molar-refractivity contribution in [3.8, 4) is 0 Å². The monoisotopic (exact) mass is 366 g/mol. The molecule has 1 amide bonds. The molecule has 1 saturated heterocycles. The topological polar surface area (TPSA) is 86.7 Å². The molecule has 2 N–H and O–H groups in total. The lowest BCUT2D eigenvalue weighted by molar-refractivity contribution is -0.127. The Morgan fingerprint density at radius 2 is 1.92 bits per heavy atom. The van der Waals surface area contributed by atoms with Crippen LogP contribution in [-0.4, -0.2) is 55.2 Å². The van der Waals surface area contributed by atoms with E-state index in [4.69, 9.17) is 0 Å². The second-order valence-electron chi connectivity index (χ2n) is 7.32. The number of carbonyl (C=O) groups excluding carboxylic acids is 1. The minimum absolute atomic E-state index is 0.0829. The second-order valence-corrected chi connectivity index (χ2v) is 9.31. The van der Waals surface area contributed by atoms with E-state index in [9.17, 15) is 18.3 Å². The Hall–Kier alpha value is -1.44. The van der Waals surface area contributed by atoms with Gasteiger partial charge in [-0.15, -0.1) is 0 Å². The van der Waals surface area contributed by atoms with Crippen LogP contribution in [0.5, 0.6) is 0 Å². The van der Waals surface area contributed by atoms with Crippen molar-refractivity contribution in [2.24, 2.45) is 5.92 Å². The maximum absolute atomic E-state index is 12.4. The van der Waals surface area contributed by atoms with Crippen LogP contribution in [0.1, 0.15) is 30.4 Å². The fourth-order valence-electron chi connectivity index (χ4n) is 3.78. The Morgan fingerprint density at radius 3 is 2.56 bits per heavy atom. The molecular formula is C18H26N2O4S. The van der Waals surface area contributed by atoms with Crippen LogP contribution >= 0.6 is 0 Å². The van der Waals surface area contributed by atoms with Gasteiger partial charge >= 0.3 is 0 Å². The van der Waals surface area contributed by atoms with Gasteiger partial charge in [-0.2, -0.15) is 0 Å². The third-order valence-electron chi connectivity index (χ3n) is 5.38. The number of fused-ring (bicyclic) bond motifs is 1. The number of carbonyl (C=O) groups is 1. The fraction of sp³-hybridized carbons (Fsp3) is 0.611. The van der Waals surface area contributed by atoms with Crippen molar-refractivity contribution in [1.29, 1.82) is 0 Å². The molecule has 0 radical (unpaired) electrons. The van der Waals surface area contributed by atoms with Gasteiger partial charge in [-0.25, -0.2) is 12.7 Å². The summed E-state index contributed by atoms with van der Waals surface area (Å²) < 4.78 is 24.5. The molecule has 0 spiro atoms. The summed E-state index contributed by atoms with van der Waals surface area (Å²) in [6.07, 6.45) is 4.26. The lowest BCUT2D eigenvalue weighted by atomic mass is 9.80. The van der Waals surface area contributed by atoms with Gasteiger partial charge in [0.1, 0.15) is 0 Å². The van der Waals surface area contributed by atoms with Crippen LogP contribution in [-0.2, 0) is 27.7 Å². The third kappa shape index (κ3) is 4.40. The van der Waals surface area contributed by atoms with Crippen LogP contribution in [0.2, 0.25) is 0 Å². The smallest absolute Gasteiger partial charge is 0.223 e. The standard InChI is InChI=1S/C18H26N2O4S/c1-25(23,24)20-10-7-15(8-11-20)17(21)19-13-18(22)9-6-14-4-2-3-5-16(14)12-18/h2-5,15,22H,6-13H2,1H3,(H,19,21). The Balaban J connectivity index is 1.51. The zero-order valence-electron chi connectivity index (χ0n) is 14.6. The van der Waals surface area contributed by atoms with E-state index in [-0.39, 0.29) is 18.4 Å². The van der Waals surface area contributed by atoms with Crippen molar-refractivity contribution in [3.05, 3.63) is 35.4 Å². The molecule has 3 rings (SSSR count). The molecule has 1 aliphatic heterocycles. The van der Waals surface area contributed by atoms with E-state index in [1.165, 1.54) is 16.1 Å². The lowest BCUT2D eigenvalue weighted by Gasteiger charge is -2.35. The van der Waals surface area contributed by atoms with Gasteiger partial charge in [0.05, 0.1) is 11.9 Å². The van der Waals surface area contributed by atoms with E-state index in [0.717, 1.165) is 12.0 Å². The molecule has 0 aromatic heterocycles. The van der Waals surface area contributed by atoms with E-state index < -0.39 is 15.6 Å². The highest BCUT2D eigenvalue weighted by atomic mass is 32.2. The molecule has 7 heteroatoms. The first kappa shape index (κ1) is 18.4. The van der Waals surface area contributed by atoms with Crippen molar-refractivity contribution in [2.45, 2.75) is 37.7 Å². The van der Waals surface area contributed by atoms with Crippen molar-refractivity contribution in [1.82, 2.24) is 9.62 Å². The number of sulfonamides is 1. The van der Waals surface area contributed by atoms with Crippen LogP contribution < -0.4 is 5.32 Å². The number of amides is 1. The molecule has 6 nitrogen and oxygen atoms in total. The van der Waals surface area contributed by atoms with Gasteiger partial charge < -0.3 is 10.4 Å². The quantitative estimate of drug-likeness (QED) is 0.821. The summed E-state index contributed by atoms with van der Waals surface area (Å²) >= 11 is 0. The Bertz CT molecular complexity index is 741. The number of aryl methyl sites for hydroxylation is 1. The number of aliphatic hydroxyl groups is 1. The van der Waals surface area contributed by atoms with Gasteiger partial charge in [-0.05, 0) is 36.8 Å². The van der Waals surface area contributed by atoms with Crippen LogP contribution in [0, 0.1) is 5.92 Å². The van der Waals surface area contributed by atoms with Crippen molar-refractivity contribution >= 4 is 15.9 Å². The molecule has 138 valence electrons. The first-order valence-electron chi connectivity index (χ1n) is 8.79. The average Bonchev–Trinajstić information content (AvgIpc) is 2.59.